The molecular formula is C24H23F6N5O3S. The Bertz CT molecular complexity index is 1280. The van der Waals surface area contributed by atoms with Crippen LogP contribution >= 0.6 is 11.3 Å². The number of hydrogen-bond acceptors (Lipinski definition) is 6. The van der Waals surface area contributed by atoms with Crippen molar-refractivity contribution in [1.82, 2.24) is 15.5 Å². The van der Waals surface area contributed by atoms with Gasteiger partial charge in [-0.2, -0.15) is 26.3 Å². The van der Waals surface area contributed by atoms with E-state index < -0.39 is 53.1 Å². The molecule has 8 nitrogen and oxygen atoms in total. The first-order chi connectivity index (χ1) is 18.2. The van der Waals surface area contributed by atoms with E-state index in [1.165, 1.54) is 7.11 Å². The molecule has 0 aliphatic heterocycles. The molecule has 39 heavy (non-hydrogen) atoms. The van der Waals surface area contributed by atoms with Gasteiger partial charge in [0.05, 0.1) is 18.2 Å². The summed E-state index contributed by atoms with van der Waals surface area (Å²) < 4.78 is 83.9. The largest absolute Gasteiger partial charge is 0.497 e. The molecule has 15 heteroatoms. The number of benzene rings is 2. The molecule has 0 spiro atoms. The lowest BCUT2D eigenvalue weighted by atomic mass is 9.98. The second-order valence-corrected chi connectivity index (χ2v) is 9.36. The number of carbonyl (C=O) groups is 2. The van der Waals surface area contributed by atoms with Gasteiger partial charge in [-0.05, 0) is 48.4 Å². The Morgan fingerprint density at radius 3 is 2.05 bits per heavy atom. The van der Waals surface area contributed by atoms with Crippen LogP contribution in [0.4, 0.5) is 42.0 Å². The maximum absolute atomic E-state index is 13.1. The van der Waals surface area contributed by atoms with Gasteiger partial charge in [-0.25, -0.2) is 4.79 Å². The summed E-state index contributed by atoms with van der Waals surface area (Å²) in [5.74, 6) is -0.522. The maximum Gasteiger partial charge on any atom is 0.416 e. The van der Waals surface area contributed by atoms with Crippen LogP contribution < -0.4 is 20.7 Å². The number of ether oxygens (including phenoxy) is 1. The van der Waals surface area contributed by atoms with Crippen LogP contribution in [0.2, 0.25) is 0 Å². The van der Waals surface area contributed by atoms with Crippen molar-refractivity contribution in [2.45, 2.75) is 38.7 Å². The van der Waals surface area contributed by atoms with Gasteiger partial charge in [0, 0.05) is 11.3 Å². The van der Waals surface area contributed by atoms with Gasteiger partial charge in [-0.3, -0.25) is 10.1 Å². The first-order valence-corrected chi connectivity index (χ1v) is 12.2. The highest BCUT2D eigenvalue weighted by atomic mass is 32.1. The number of methoxy groups -OCH3 is 1. The molecule has 0 saturated carbocycles. The summed E-state index contributed by atoms with van der Waals surface area (Å²) in [5.41, 5.74) is -3.21. The van der Waals surface area contributed by atoms with Crippen molar-refractivity contribution in [2.75, 3.05) is 17.7 Å². The molecule has 0 aliphatic carbocycles. The predicted molar refractivity (Wildman–Crippen MR) is 132 cm³/mol. The number of hydrogen-bond donors (Lipinski definition) is 3. The van der Waals surface area contributed by atoms with E-state index in [-0.39, 0.29) is 11.2 Å². The zero-order chi connectivity index (χ0) is 29.0. The number of urea groups is 1. The van der Waals surface area contributed by atoms with Crippen molar-refractivity contribution < 1.29 is 40.7 Å². The zero-order valence-corrected chi connectivity index (χ0v) is 21.5. The molecule has 2 atom stereocenters. The standard InChI is InChI=1S/C24H23F6N5O3S/c1-4-12(2)18(19(36)33-22-35-34-20(39-22)13-5-7-17(38-3)8-6-13)32-21(37)31-16-10-14(23(25,26)27)9-15(11-16)24(28,29)30/h5-12,18H,4H2,1-3H3,(H2,31,32,37)(H,33,35,36)/t12-,18+/m0/s1. The smallest absolute Gasteiger partial charge is 0.416 e. The molecule has 3 aromatic rings. The Kier molecular flexibility index (Phi) is 9.04. The van der Waals surface area contributed by atoms with E-state index in [1.807, 2.05) is 5.32 Å². The van der Waals surface area contributed by atoms with Gasteiger partial charge in [-0.15, -0.1) is 10.2 Å². The molecule has 0 saturated heterocycles. The van der Waals surface area contributed by atoms with Crippen LogP contribution in [-0.4, -0.2) is 35.3 Å². The minimum absolute atomic E-state index is 0.0548. The summed E-state index contributed by atoms with van der Waals surface area (Å²) >= 11 is 1.06. The summed E-state index contributed by atoms with van der Waals surface area (Å²) in [5, 5.41) is 15.4. The molecule has 210 valence electrons. The SMILES string of the molecule is CC[C@H](C)[C@@H](NC(=O)Nc1cc(C(F)(F)F)cc(C(F)(F)F)c1)C(=O)Nc1nnc(-c2ccc(OC)cc2)s1. The number of alkyl halides is 6. The van der Waals surface area contributed by atoms with Crippen molar-refractivity contribution in [3.8, 4) is 16.3 Å². The fourth-order valence-electron chi connectivity index (χ4n) is 3.34. The Balaban J connectivity index is 1.75. The van der Waals surface area contributed by atoms with E-state index in [9.17, 15) is 35.9 Å². The molecule has 0 unspecified atom stereocenters. The second-order valence-electron chi connectivity index (χ2n) is 8.39. The van der Waals surface area contributed by atoms with Crippen LogP contribution in [0, 0.1) is 5.92 Å². The van der Waals surface area contributed by atoms with Gasteiger partial charge in [0.15, 0.2) is 0 Å². The van der Waals surface area contributed by atoms with Gasteiger partial charge < -0.3 is 15.4 Å². The van der Waals surface area contributed by atoms with E-state index in [0.29, 0.717) is 34.9 Å². The number of aromatic nitrogens is 2. The third-order valence-corrected chi connectivity index (χ3v) is 6.51. The summed E-state index contributed by atoms with van der Waals surface area (Å²) in [4.78, 5) is 25.5. The highest BCUT2D eigenvalue weighted by Crippen LogP contribution is 2.37. The van der Waals surface area contributed by atoms with E-state index in [4.69, 9.17) is 4.74 Å². The van der Waals surface area contributed by atoms with Crippen molar-refractivity contribution >= 4 is 34.1 Å². The van der Waals surface area contributed by atoms with Crippen molar-refractivity contribution in [1.29, 1.82) is 0 Å². The highest BCUT2D eigenvalue weighted by molar-refractivity contribution is 7.18. The third kappa shape index (κ3) is 7.81. The molecule has 2 aromatic carbocycles. The molecule has 0 bridgehead atoms. The van der Waals surface area contributed by atoms with Gasteiger partial charge in [0.2, 0.25) is 11.0 Å². The van der Waals surface area contributed by atoms with Crippen LogP contribution in [0.5, 0.6) is 5.75 Å². The van der Waals surface area contributed by atoms with Crippen molar-refractivity contribution in [3.05, 3.63) is 53.6 Å². The average molecular weight is 576 g/mol. The topological polar surface area (TPSA) is 105 Å². The van der Waals surface area contributed by atoms with Gasteiger partial charge in [0.1, 0.15) is 16.8 Å². The quantitative estimate of drug-likeness (QED) is 0.269. The number of anilines is 2. The number of halogens is 6. The minimum Gasteiger partial charge on any atom is -0.497 e. The van der Waals surface area contributed by atoms with Crippen LogP contribution in [-0.2, 0) is 17.1 Å². The predicted octanol–water partition coefficient (Wildman–Crippen LogP) is 6.43. The molecular weight excluding hydrogens is 552 g/mol. The summed E-state index contributed by atoms with van der Waals surface area (Å²) in [6.45, 7) is 3.37. The molecule has 0 aliphatic rings. The van der Waals surface area contributed by atoms with E-state index in [0.717, 1.165) is 11.3 Å². The molecule has 3 N–H and O–H groups in total. The molecule has 1 aromatic heterocycles. The first kappa shape index (κ1) is 29.7. The Morgan fingerprint density at radius 1 is 0.949 bits per heavy atom. The monoisotopic (exact) mass is 575 g/mol. The maximum atomic E-state index is 13.1. The summed E-state index contributed by atoms with van der Waals surface area (Å²) in [6, 6.07) is 5.26. The van der Waals surface area contributed by atoms with Crippen LogP contribution in [0.25, 0.3) is 10.6 Å². The van der Waals surface area contributed by atoms with E-state index in [2.05, 4.69) is 20.8 Å². The third-order valence-electron chi connectivity index (χ3n) is 5.62. The Hall–Kier alpha value is -3.88. The summed E-state index contributed by atoms with van der Waals surface area (Å²) in [7, 11) is 1.52. The van der Waals surface area contributed by atoms with Crippen LogP contribution in [0.3, 0.4) is 0 Å². The van der Waals surface area contributed by atoms with Crippen LogP contribution in [0.1, 0.15) is 31.4 Å². The van der Waals surface area contributed by atoms with Crippen molar-refractivity contribution in [3.63, 3.8) is 0 Å². The van der Waals surface area contributed by atoms with Crippen molar-refractivity contribution in [2.24, 2.45) is 5.92 Å². The number of nitrogens with zero attached hydrogens (tertiary/aromatic N) is 2. The average Bonchev–Trinajstić information content (AvgIpc) is 3.34. The fourth-order valence-corrected chi connectivity index (χ4v) is 4.10. The molecule has 1 heterocycles. The van der Waals surface area contributed by atoms with Gasteiger partial charge in [0.25, 0.3) is 0 Å². The summed E-state index contributed by atoms with van der Waals surface area (Å²) in [6.07, 6.45) is -9.76. The first-order valence-electron chi connectivity index (χ1n) is 11.4. The molecule has 0 fully saturated rings. The van der Waals surface area contributed by atoms with Crippen LogP contribution in [0.15, 0.2) is 42.5 Å². The Morgan fingerprint density at radius 2 is 1.54 bits per heavy atom. The van der Waals surface area contributed by atoms with Gasteiger partial charge in [-0.1, -0.05) is 31.6 Å². The molecule has 0 radical (unpaired) electrons. The second kappa shape index (κ2) is 11.9. The van der Waals surface area contributed by atoms with Gasteiger partial charge >= 0.3 is 18.4 Å². The fraction of sp³-hybridized carbons (Fsp3) is 0.333. The molecule has 3 rings (SSSR count). The minimum atomic E-state index is -5.08. The normalized spacial score (nSPS) is 13.4. The number of nitrogens with one attached hydrogen (secondary N) is 3. The number of rotatable bonds is 8. The lowest BCUT2D eigenvalue weighted by molar-refractivity contribution is -0.143. The van der Waals surface area contributed by atoms with E-state index >= 15 is 0 Å². The Labute approximate surface area is 222 Å². The zero-order valence-electron chi connectivity index (χ0n) is 20.7. The number of amides is 3. The number of carbonyl (C=O) groups excluding carboxylic acids is 2. The highest BCUT2D eigenvalue weighted by Gasteiger charge is 2.37. The van der Waals surface area contributed by atoms with E-state index in [1.54, 1.807) is 38.1 Å². The lowest BCUT2D eigenvalue weighted by Gasteiger charge is -2.23. The lowest BCUT2D eigenvalue weighted by Crippen LogP contribution is -2.49. The molecule has 3 amide bonds.